The number of rotatable bonds is 7. The molecule has 0 spiro atoms. The molecule has 30 heavy (non-hydrogen) atoms. The van der Waals surface area contributed by atoms with Crippen LogP contribution in [0.3, 0.4) is 0 Å². The standard InChI is InChI=1S/C19H21F3N4O2S2/c1-4-26(5-2)13-6-7-14(12(3)10-13)25-30(27,28)18-9-8-16(29-18)15-11-17(24-23-15)19(20,21)22/h6-11,25H,4-5H2,1-3H3,(H,23,24). The monoisotopic (exact) mass is 458 g/mol. The number of benzene rings is 1. The summed E-state index contributed by atoms with van der Waals surface area (Å²) in [5.74, 6) is 0. The van der Waals surface area contributed by atoms with Crippen molar-refractivity contribution in [2.24, 2.45) is 0 Å². The second-order valence-electron chi connectivity index (χ2n) is 6.56. The van der Waals surface area contributed by atoms with Crippen molar-refractivity contribution in [1.82, 2.24) is 10.2 Å². The van der Waals surface area contributed by atoms with Crippen molar-refractivity contribution in [3.63, 3.8) is 0 Å². The number of anilines is 2. The molecule has 0 saturated heterocycles. The highest BCUT2D eigenvalue weighted by molar-refractivity contribution is 7.94. The van der Waals surface area contributed by atoms with Crippen LogP contribution < -0.4 is 9.62 Å². The molecule has 2 heterocycles. The minimum atomic E-state index is -4.55. The van der Waals surface area contributed by atoms with Gasteiger partial charge in [-0.2, -0.15) is 18.3 Å². The van der Waals surface area contributed by atoms with Gasteiger partial charge in [0, 0.05) is 18.8 Å². The van der Waals surface area contributed by atoms with E-state index in [1.807, 2.05) is 38.0 Å². The number of nitrogens with zero attached hydrogens (tertiary/aromatic N) is 2. The maximum Gasteiger partial charge on any atom is 0.432 e. The molecule has 0 radical (unpaired) electrons. The van der Waals surface area contributed by atoms with Crippen LogP contribution in [0.4, 0.5) is 24.5 Å². The van der Waals surface area contributed by atoms with E-state index in [9.17, 15) is 21.6 Å². The molecule has 11 heteroatoms. The maximum absolute atomic E-state index is 12.8. The van der Waals surface area contributed by atoms with Crippen molar-refractivity contribution >= 4 is 32.7 Å². The van der Waals surface area contributed by atoms with Crippen LogP contribution in [0.15, 0.2) is 40.6 Å². The van der Waals surface area contributed by atoms with Gasteiger partial charge in [-0.05, 0) is 62.7 Å². The lowest BCUT2D eigenvalue weighted by molar-refractivity contribution is -0.141. The van der Waals surface area contributed by atoms with Crippen LogP contribution >= 0.6 is 11.3 Å². The van der Waals surface area contributed by atoms with Crippen LogP contribution in [0.2, 0.25) is 0 Å². The molecule has 0 aliphatic heterocycles. The lowest BCUT2D eigenvalue weighted by atomic mass is 10.1. The Labute approximate surface area is 176 Å². The molecule has 0 fully saturated rings. The summed E-state index contributed by atoms with van der Waals surface area (Å²) in [6.45, 7) is 7.57. The van der Waals surface area contributed by atoms with Gasteiger partial charge in [0.05, 0.1) is 10.6 Å². The highest BCUT2D eigenvalue weighted by Gasteiger charge is 2.33. The number of alkyl halides is 3. The number of aryl methyl sites for hydroxylation is 1. The third-order valence-electron chi connectivity index (χ3n) is 4.56. The molecule has 0 saturated carbocycles. The Morgan fingerprint density at radius 3 is 2.40 bits per heavy atom. The topological polar surface area (TPSA) is 78.1 Å². The number of aromatic amines is 1. The first-order chi connectivity index (χ1) is 14.0. The average molecular weight is 459 g/mol. The molecule has 3 aromatic rings. The van der Waals surface area contributed by atoms with Gasteiger partial charge in [0.15, 0.2) is 0 Å². The van der Waals surface area contributed by atoms with Gasteiger partial charge in [-0.3, -0.25) is 9.82 Å². The Hall–Kier alpha value is -2.53. The largest absolute Gasteiger partial charge is 0.432 e. The zero-order valence-electron chi connectivity index (χ0n) is 16.5. The van der Waals surface area contributed by atoms with E-state index in [1.54, 1.807) is 6.07 Å². The first-order valence-corrected chi connectivity index (χ1v) is 11.5. The molecule has 2 aromatic heterocycles. The molecule has 3 rings (SSSR count). The van der Waals surface area contributed by atoms with Crippen LogP contribution in [0, 0.1) is 6.92 Å². The first kappa shape index (κ1) is 22.2. The number of halogens is 3. The Balaban J connectivity index is 1.83. The number of aromatic nitrogens is 2. The van der Waals surface area contributed by atoms with Crippen molar-refractivity contribution in [2.45, 2.75) is 31.2 Å². The fraction of sp³-hybridized carbons (Fsp3) is 0.316. The third kappa shape index (κ3) is 4.62. The Morgan fingerprint density at radius 2 is 1.83 bits per heavy atom. The number of sulfonamides is 1. The van der Waals surface area contributed by atoms with Crippen LogP contribution in [0.25, 0.3) is 10.6 Å². The van der Waals surface area contributed by atoms with E-state index in [4.69, 9.17) is 0 Å². The minimum absolute atomic E-state index is 0.0127. The molecule has 0 amide bonds. The second-order valence-corrected chi connectivity index (χ2v) is 9.55. The first-order valence-electron chi connectivity index (χ1n) is 9.16. The summed E-state index contributed by atoms with van der Waals surface area (Å²) in [4.78, 5) is 2.46. The van der Waals surface area contributed by atoms with Crippen LogP contribution in [-0.2, 0) is 16.2 Å². The van der Waals surface area contributed by atoms with E-state index in [0.717, 1.165) is 41.7 Å². The second kappa shape index (κ2) is 8.31. The van der Waals surface area contributed by atoms with Crippen LogP contribution in [0.5, 0.6) is 0 Å². The number of hydrogen-bond acceptors (Lipinski definition) is 5. The van der Waals surface area contributed by atoms with Gasteiger partial charge in [-0.1, -0.05) is 0 Å². The van der Waals surface area contributed by atoms with Crippen molar-refractivity contribution in [1.29, 1.82) is 0 Å². The van der Waals surface area contributed by atoms with E-state index in [0.29, 0.717) is 10.6 Å². The Morgan fingerprint density at radius 1 is 1.13 bits per heavy atom. The van der Waals surface area contributed by atoms with Gasteiger partial charge < -0.3 is 4.90 Å². The van der Waals surface area contributed by atoms with Crippen molar-refractivity contribution < 1.29 is 21.6 Å². The summed E-state index contributed by atoms with van der Waals surface area (Å²) in [7, 11) is -3.89. The minimum Gasteiger partial charge on any atom is -0.372 e. The van der Waals surface area contributed by atoms with Crippen molar-refractivity contribution in [2.75, 3.05) is 22.7 Å². The fourth-order valence-electron chi connectivity index (χ4n) is 2.94. The van der Waals surface area contributed by atoms with Gasteiger partial charge in [0.25, 0.3) is 10.0 Å². The maximum atomic E-state index is 12.8. The van der Waals surface area contributed by atoms with E-state index in [-0.39, 0.29) is 9.90 Å². The number of hydrogen-bond donors (Lipinski definition) is 2. The summed E-state index contributed by atoms with van der Waals surface area (Å²) >= 11 is 0.849. The van der Waals surface area contributed by atoms with E-state index in [1.165, 1.54) is 12.1 Å². The Kier molecular flexibility index (Phi) is 6.14. The average Bonchev–Trinajstić information content (AvgIpc) is 3.34. The molecule has 1 aromatic carbocycles. The van der Waals surface area contributed by atoms with Crippen LogP contribution in [0.1, 0.15) is 25.1 Å². The van der Waals surface area contributed by atoms with Gasteiger partial charge in [0.2, 0.25) is 0 Å². The number of nitrogens with one attached hydrogen (secondary N) is 2. The van der Waals surface area contributed by atoms with E-state index < -0.39 is 21.9 Å². The van der Waals surface area contributed by atoms with E-state index in [2.05, 4.69) is 14.7 Å². The normalized spacial score (nSPS) is 12.2. The Bertz CT molecular complexity index is 1130. The molecule has 0 unspecified atom stereocenters. The predicted molar refractivity (Wildman–Crippen MR) is 112 cm³/mol. The molecule has 0 atom stereocenters. The predicted octanol–water partition coefficient (Wildman–Crippen LogP) is 5.11. The molecular formula is C19H21F3N4O2S2. The van der Waals surface area contributed by atoms with Gasteiger partial charge in [0.1, 0.15) is 15.6 Å². The fourth-order valence-corrected chi connectivity index (χ4v) is 5.34. The number of H-pyrrole nitrogens is 1. The summed E-state index contributed by atoms with van der Waals surface area (Å²) in [5.41, 5.74) is 1.26. The highest BCUT2D eigenvalue weighted by Crippen LogP contribution is 2.35. The zero-order chi connectivity index (χ0) is 22.1. The lowest BCUT2D eigenvalue weighted by Gasteiger charge is -2.22. The quantitative estimate of drug-likeness (QED) is 0.516. The molecule has 6 nitrogen and oxygen atoms in total. The molecular weight excluding hydrogens is 437 g/mol. The van der Waals surface area contributed by atoms with Crippen molar-refractivity contribution in [3.8, 4) is 10.6 Å². The summed E-state index contributed by atoms with van der Waals surface area (Å²) in [6, 6.07) is 9.10. The third-order valence-corrected chi connectivity index (χ3v) is 7.53. The molecule has 0 aliphatic carbocycles. The zero-order valence-corrected chi connectivity index (χ0v) is 18.2. The highest BCUT2D eigenvalue weighted by atomic mass is 32.2. The summed E-state index contributed by atoms with van der Waals surface area (Å²) in [5, 5.41) is 5.56. The van der Waals surface area contributed by atoms with E-state index >= 15 is 0 Å². The van der Waals surface area contributed by atoms with Crippen LogP contribution in [-0.4, -0.2) is 31.7 Å². The van der Waals surface area contributed by atoms with Crippen molar-refractivity contribution in [3.05, 3.63) is 47.7 Å². The smallest absolute Gasteiger partial charge is 0.372 e. The summed E-state index contributed by atoms with van der Waals surface area (Å²) < 4.78 is 66.3. The molecule has 0 aliphatic rings. The molecule has 2 N–H and O–H groups in total. The molecule has 162 valence electrons. The van der Waals surface area contributed by atoms with Gasteiger partial charge >= 0.3 is 6.18 Å². The summed E-state index contributed by atoms with van der Waals surface area (Å²) in [6.07, 6.45) is -4.55. The van der Waals surface area contributed by atoms with Gasteiger partial charge in [-0.15, -0.1) is 11.3 Å². The SMILES string of the molecule is CCN(CC)c1ccc(NS(=O)(=O)c2ccc(-c3cc(C(F)(F)F)[nH]n3)s2)c(C)c1. The molecule has 0 bridgehead atoms. The van der Waals surface area contributed by atoms with Gasteiger partial charge in [-0.25, -0.2) is 8.42 Å². The number of thiophene rings is 1. The lowest BCUT2D eigenvalue weighted by Crippen LogP contribution is -2.22.